The number of rotatable bonds is 6. The quantitative estimate of drug-likeness (QED) is 0.700. The van der Waals surface area contributed by atoms with Gasteiger partial charge >= 0.3 is 0 Å². The number of hydrogen-bond donors (Lipinski definition) is 0. The van der Waals surface area contributed by atoms with Gasteiger partial charge in [-0.3, -0.25) is 0 Å². The Morgan fingerprint density at radius 2 is 1.35 bits per heavy atom. The summed E-state index contributed by atoms with van der Waals surface area (Å²) in [7, 11) is 6.46. The van der Waals surface area contributed by atoms with Gasteiger partial charge in [0.15, 0.2) is 0 Å². The van der Waals surface area contributed by atoms with Crippen molar-refractivity contribution < 1.29 is 0 Å². The van der Waals surface area contributed by atoms with E-state index in [1.165, 1.54) is 25.9 Å². The minimum Gasteiger partial charge on any atom is -0.309 e. The first kappa shape index (κ1) is 22.1. The smallest absolute Gasteiger partial charge is 0.000433 e. The summed E-state index contributed by atoms with van der Waals surface area (Å²) in [6.45, 7) is 16.4. The monoisotopic (exact) mass is 246 g/mol. The van der Waals surface area contributed by atoms with Crippen molar-refractivity contribution in [3.8, 4) is 0 Å². The van der Waals surface area contributed by atoms with Crippen LogP contribution in [0.2, 0.25) is 0 Å². The molecule has 108 valence electrons. The average molecular weight is 246 g/mol. The Hall–Kier alpha value is -0.0800. The zero-order chi connectivity index (χ0) is 14.3. The van der Waals surface area contributed by atoms with Gasteiger partial charge in [-0.25, -0.2) is 0 Å². The van der Waals surface area contributed by atoms with E-state index in [9.17, 15) is 0 Å². The first-order valence-electron chi connectivity index (χ1n) is 7.31. The van der Waals surface area contributed by atoms with Crippen LogP contribution in [0, 0.1) is 5.92 Å². The fraction of sp³-hybridized carbons (Fsp3) is 1.00. The Bertz CT molecular complexity index is 113. The Morgan fingerprint density at radius 3 is 1.65 bits per heavy atom. The molecule has 17 heavy (non-hydrogen) atoms. The van der Waals surface area contributed by atoms with Gasteiger partial charge in [0, 0.05) is 6.54 Å². The van der Waals surface area contributed by atoms with Crippen molar-refractivity contribution >= 4 is 0 Å². The SMILES string of the molecule is CC.CCC.CCN(C)CC(C)CCN(C)C. The highest BCUT2D eigenvalue weighted by molar-refractivity contribution is 4.59. The van der Waals surface area contributed by atoms with E-state index in [-0.39, 0.29) is 0 Å². The molecule has 0 aromatic heterocycles. The molecule has 1 unspecified atom stereocenters. The molecule has 0 aromatic carbocycles. The zero-order valence-electron chi connectivity index (χ0n) is 14.0. The minimum atomic E-state index is 0.817. The Balaban J connectivity index is -0.000000337. The second kappa shape index (κ2) is 18.3. The molecule has 0 aromatic rings. The third kappa shape index (κ3) is 25.9. The number of hydrogen-bond acceptors (Lipinski definition) is 2. The predicted molar refractivity (Wildman–Crippen MR) is 82.8 cm³/mol. The Kier molecular flexibility index (Phi) is 23.8. The van der Waals surface area contributed by atoms with Crippen molar-refractivity contribution in [2.75, 3.05) is 40.8 Å². The molecule has 0 fully saturated rings. The van der Waals surface area contributed by atoms with E-state index in [0.717, 1.165) is 12.5 Å². The summed E-state index contributed by atoms with van der Waals surface area (Å²) < 4.78 is 0. The van der Waals surface area contributed by atoms with Crippen molar-refractivity contribution in [1.29, 1.82) is 0 Å². The molecule has 0 bridgehead atoms. The second-order valence-electron chi connectivity index (χ2n) is 4.76. The molecule has 0 heterocycles. The summed E-state index contributed by atoms with van der Waals surface area (Å²) in [5.41, 5.74) is 0. The molecular weight excluding hydrogens is 208 g/mol. The predicted octanol–water partition coefficient (Wildman–Crippen LogP) is 3.97. The lowest BCUT2D eigenvalue weighted by atomic mass is 10.1. The van der Waals surface area contributed by atoms with Crippen LogP contribution >= 0.6 is 0 Å². The maximum absolute atomic E-state index is 2.38. The van der Waals surface area contributed by atoms with E-state index >= 15 is 0 Å². The van der Waals surface area contributed by atoms with E-state index < -0.39 is 0 Å². The highest BCUT2D eigenvalue weighted by atomic mass is 15.1. The Morgan fingerprint density at radius 1 is 0.941 bits per heavy atom. The standard InChI is InChI=1S/C10H24N2.C3H8.C2H6/c1-6-12(5)9-10(2)7-8-11(3)4;1-3-2;1-2/h10H,6-9H2,1-5H3;3H2,1-2H3;1-2H3. The molecule has 2 nitrogen and oxygen atoms in total. The molecule has 0 aliphatic heterocycles. The van der Waals surface area contributed by atoms with E-state index in [1.54, 1.807) is 0 Å². The molecule has 0 N–H and O–H groups in total. The molecule has 0 saturated heterocycles. The summed E-state index contributed by atoms with van der Waals surface area (Å²) in [5.74, 6) is 0.817. The van der Waals surface area contributed by atoms with E-state index in [1.807, 2.05) is 13.8 Å². The van der Waals surface area contributed by atoms with E-state index in [4.69, 9.17) is 0 Å². The van der Waals surface area contributed by atoms with Gasteiger partial charge in [0.05, 0.1) is 0 Å². The van der Waals surface area contributed by atoms with Crippen LogP contribution in [0.25, 0.3) is 0 Å². The second-order valence-corrected chi connectivity index (χ2v) is 4.76. The van der Waals surface area contributed by atoms with Crippen LogP contribution in [-0.4, -0.2) is 50.6 Å². The van der Waals surface area contributed by atoms with Gasteiger partial charge in [-0.15, -0.1) is 0 Å². The molecule has 0 radical (unpaired) electrons. The minimum absolute atomic E-state index is 0.817. The average Bonchev–Trinajstić information content (AvgIpc) is 2.30. The van der Waals surface area contributed by atoms with E-state index in [0.29, 0.717) is 0 Å². The molecule has 1 atom stereocenters. The van der Waals surface area contributed by atoms with Crippen LogP contribution in [0.4, 0.5) is 0 Å². The fourth-order valence-electron chi connectivity index (χ4n) is 1.23. The summed E-state index contributed by atoms with van der Waals surface area (Å²) >= 11 is 0. The molecule has 0 amide bonds. The van der Waals surface area contributed by atoms with Crippen LogP contribution in [0.3, 0.4) is 0 Å². The van der Waals surface area contributed by atoms with Crippen molar-refractivity contribution in [2.24, 2.45) is 5.92 Å². The van der Waals surface area contributed by atoms with Crippen molar-refractivity contribution in [3.63, 3.8) is 0 Å². The summed E-state index contributed by atoms with van der Waals surface area (Å²) in [4.78, 5) is 4.63. The molecule has 0 spiro atoms. The van der Waals surface area contributed by atoms with Gasteiger partial charge < -0.3 is 9.80 Å². The lowest BCUT2D eigenvalue weighted by Gasteiger charge is -2.20. The van der Waals surface area contributed by atoms with Crippen LogP contribution in [0.5, 0.6) is 0 Å². The zero-order valence-corrected chi connectivity index (χ0v) is 14.0. The topological polar surface area (TPSA) is 6.48 Å². The first-order valence-corrected chi connectivity index (χ1v) is 7.31. The molecule has 0 aliphatic rings. The molecule has 2 heteroatoms. The molecule has 0 saturated carbocycles. The highest BCUT2D eigenvalue weighted by Crippen LogP contribution is 2.03. The Labute approximate surface area is 111 Å². The highest BCUT2D eigenvalue weighted by Gasteiger charge is 2.04. The van der Waals surface area contributed by atoms with E-state index in [2.05, 4.69) is 58.6 Å². The lowest BCUT2D eigenvalue weighted by molar-refractivity contribution is 0.270. The largest absolute Gasteiger partial charge is 0.309 e. The first-order chi connectivity index (χ1) is 7.97. The van der Waals surface area contributed by atoms with Crippen LogP contribution < -0.4 is 0 Å². The third-order valence-corrected chi connectivity index (χ3v) is 2.23. The summed E-state index contributed by atoms with van der Waals surface area (Å²) in [6.07, 6.45) is 2.55. The van der Waals surface area contributed by atoms with Crippen molar-refractivity contribution in [1.82, 2.24) is 9.80 Å². The molecule has 0 rings (SSSR count). The summed E-state index contributed by atoms with van der Waals surface area (Å²) in [5, 5.41) is 0. The van der Waals surface area contributed by atoms with Gasteiger partial charge in [0.25, 0.3) is 0 Å². The maximum atomic E-state index is 2.38. The van der Waals surface area contributed by atoms with Gasteiger partial charge in [-0.2, -0.15) is 0 Å². The summed E-state index contributed by atoms with van der Waals surface area (Å²) in [6, 6.07) is 0. The van der Waals surface area contributed by atoms with Gasteiger partial charge in [0.2, 0.25) is 0 Å². The fourth-order valence-corrected chi connectivity index (χ4v) is 1.23. The third-order valence-electron chi connectivity index (χ3n) is 2.23. The van der Waals surface area contributed by atoms with Crippen LogP contribution in [0.1, 0.15) is 54.4 Å². The van der Waals surface area contributed by atoms with Gasteiger partial charge in [-0.05, 0) is 46.6 Å². The maximum Gasteiger partial charge on any atom is 0.000433 e. The van der Waals surface area contributed by atoms with Crippen molar-refractivity contribution in [3.05, 3.63) is 0 Å². The number of nitrogens with zero attached hydrogens (tertiary/aromatic N) is 2. The van der Waals surface area contributed by atoms with Crippen molar-refractivity contribution in [2.45, 2.75) is 54.4 Å². The van der Waals surface area contributed by atoms with Crippen LogP contribution in [-0.2, 0) is 0 Å². The van der Waals surface area contributed by atoms with Crippen LogP contribution in [0.15, 0.2) is 0 Å². The van der Waals surface area contributed by atoms with Gasteiger partial charge in [-0.1, -0.05) is 48.0 Å². The molecular formula is C15H38N2. The van der Waals surface area contributed by atoms with Gasteiger partial charge in [0.1, 0.15) is 0 Å². The lowest BCUT2D eigenvalue weighted by Crippen LogP contribution is -2.26. The normalized spacial score (nSPS) is 11.5. The molecule has 0 aliphatic carbocycles.